The zero-order valence-corrected chi connectivity index (χ0v) is 9.87. The molecule has 0 saturated heterocycles. The van der Waals surface area contributed by atoms with Gasteiger partial charge >= 0.3 is 0 Å². The van der Waals surface area contributed by atoms with E-state index in [1.807, 2.05) is 0 Å². The Hall–Kier alpha value is -1.11. The van der Waals surface area contributed by atoms with Crippen LogP contribution in [0.1, 0.15) is 0 Å². The van der Waals surface area contributed by atoms with E-state index >= 15 is 0 Å². The number of non-ortho nitro benzene ring substituents is 1. The molecule has 0 aliphatic carbocycles. The maximum Gasteiger partial charge on any atom is 0.294 e. The van der Waals surface area contributed by atoms with Gasteiger partial charge in [0.1, 0.15) is 5.02 Å². The minimum absolute atomic E-state index is 0.115. The lowest BCUT2D eigenvalue weighted by Gasteiger charge is -1.94. The van der Waals surface area contributed by atoms with Crippen LogP contribution >= 0.6 is 34.8 Å². The summed E-state index contributed by atoms with van der Waals surface area (Å²) in [5, 5.41) is 20.6. The molecule has 0 aromatic heterocycles. The molecule has 16 heavy (non-hydrogen) atoms. The van der Waals surface area contributed by atoms with Crippen molar-refractivity contribution < 1.29 is 9.85 Å². The second kappa shape index (κ2) is 7.21. The Morgan fingerprint density at radius 1 is 1.12 bits per heavy atom. The van der Waals surface area contributed by atoms with Crippen LogP contribution in [-0.2, 0) is 0 Å². The first kappa shape index (κ1) is 14.9. The molecule has 0 atom stereocenters. The third kappa shape index (κ3) is 4.61. The highest BCUT2D eigenvalue weighted by atomic mass is 35.5. The predicted octanol–water partition coefficient (Wildman–Crippen LogP) is 3.58. The number of hydrogen-bond acceptors (Lipinski definition) is 4. The fourth-order valence-electron chi connectivity index (χ4n) is 0.755. The molecule has 1 rings (SSSR count). The van der Waals surface area contributed by atoms with Gasteiger partial charge in [-0.1, -0.05) is 11.6 Å². The van der Waals surface area contributed by atoms with Gasteiger partial charge < -0.3 is 0 Å². The lowest BCUT2D eigenvalue weighted by Crippen LogP contribution is -1.92. The van der Waals surface area contributed by atoms with E-state index < -0.39 is 15.5 Å². The fraction of sp³-hybridized carbons (Fsp3) is 0.143. The molecule has 0 saturated carbocycles. The molecule has 6 nitrogen and oxygen atoms in total. The average Bonchev–Trinajstić information content (AvgIpc) is 2.18. The summed E-state index contributed by atoms with van der Waals surface area (Å²) in [6, 6.07) is 3.05. The number of nitro groups is 2. The summed E-state index contributed by atoms with van der Waals surface area (Å²) in [4.78, 5) is 19.0. The number of rotatable bonds is 2. The van der Waals surface area contributed by atoms with E-state index in [0.717, 1.165) is 18.2 Å². The Morgan fingerprint density at radius 3 is 2.00 bits per heavy atom. The van der Waals surface area contributed by atoms with Crippen molar-refractivity contribution in [2.75, 3.05) is 5.34 Å². The molecule has 88 valence electrons. The van der Waals surface area contributed by atoms with Crippen LogP contribution in [0, 0.1) is 20.2 Å². The molecule has 0 spiro atoms. The van der Waals surface area contributed by atoms with Crippen molar-refractivity contribution in [2.45, 2.75) is 0 Å². The van der Waals surface area contributed by atoms with Crippen LogP contribution in [0.4, 0.5) is 11.4 Å². The zero-order chi connectivity index (χ0) is 12.7. The van der Waals surface area contributed by atoms with E-state index in [9.17, 15) is 20.2 Å². The van der Waals surface area contributed by atoms with Crippen molar-refractivity contribution in [1.82, 2.24) is 0 Å². The molecule has 9 heteroatoms. The maximum atomic E-state index is 10.3. The van der Waals surface area contributed by atoms with Gasteiger partial charge in [-0.25, -0.2) is 0 Å². The van der Waals surface area contributed by atoms with Gasteiger partial charge in [-0.05, 0) is 6.07 Å². The Morgan fingerprint density at radius 2 is 1.62 bits per heavy atom. The first-order valence-electron chi connectivity index (χ1n) is 3.64. The fourth-order valence-corrected chi connectivity index (χ4v) is 0.941. The molecule has 0 N–H and O–H groups in total. The van der Waals surface area contributed by atoms with Crippen molar-refractivity contribution in [3.05, 3.63) is 43.5 Å². The Labute approximate surface area is 105 Å². The number of alkyl halides is 2. The summed E-state index contributed by atoms with van der Waals surface area (Å²) in [7, 11) is 0. The molecular formula is C7H5Cl3N2O4. The third-order valence-corrected chi connectivity index (χ3v) is 1.66. The van der Waals surface area contributed by atoms with Crippen LogP contribution in [0.25, 0.3) is 0 Å². The van der Waals surface area contributed by atoms with Crippen LogP contribution in [0.15, 0.2) is 18.2 Å². The van der Waals surface area contributed by atoms with E-state index in [0.29, 0.717) is 0 Å². The number of nitro benzene ring substituents is 2. The summed E-state index contributed by atoms with van der Waals surface area (Å²) in [6.45, 7) is 0. The zero-order valence-electron chi connectivity index (χ0n) is 7.60. The molecule has 0 amide bonds. The van der Waals surface area contributed by atoms with E-state index in [1.165, 1.54) is 0 Å². The summed E-state index contributed by atoms with van der Waals surface area (Å²) in [5.41, 5.74) is -0.813. The molecule has 0 fully saturated rings. The number of hydrogen-bond donors (Lipinski definition) is 0. The molecule has 0 bridgehead atoms. The normalized spacial score (nSPS) is 8.94. The average molecular weight is 287 g/mol. The summed E-state index contributed by atoms with van der Waals surface area (Å²) in [5.74, 6) is 0. The molecule has 1 aromatic rings. The Kier molecular flexibility index (Phi) is 6.71. The predicted molar refractivity (Wildman–Crippen MR) is 61.3 cm³/mol. The summed E-state index contributed by atoms with van der Waals surface area (Å²) >= 11 is 15.0. The molecule has 0 aliphatic rings. The molecule has 0 heterocycles. The Balaban J connectivity index is 0.000000673. The SMILES string of the molecule is ClCCl.O=[N+]([O-])c1ccc(Cl)c([N+](=O)[O-])c1. The first-order chi connectivity index (χ1) is 7.43. The second-order valence-corrected chi connectivity index (χ2v) is 3.47. The van der Waals surface area contributed by atoms with E-state index in [-0.39, 0.29) is 16.0 Å². The third-order valence-electron chi connectivity index (χ3n) is 1.34. The van der Waals surface area contributed by atoms with Gasteiger partial charge in [0.25, 0.3) is 11.4 Å². The highest BCUT2D eigenvalue weighted by Crippen LogP contribution is 2.28. The molecule has 0 radical (unpaired) electrons. The molecule has 1 aromatic carbocycles. The topological polar surface area (TPSA) is 86.3 Å². The molecular weight excluding hydrogens is 282 g/mol. The van der Waals surface area contributed by atoms with Crippen LogP contribution in [0.2, 0.25) is 5.02 Å². The number of halogens is 3. The van der Waals surface area contributed by atoms with Crippen LogP contribution in [0.3, 0.4) is 0 Å². The number of benzene rings is 1. The van der Waals surface area contributed by atoms with E-state index in [4.69, 9.17) is 34.8 Å². The second-order valence-electron chi connectivity index (χ2n) is 2.25. The van der Waals surface area contributed by atoms with Gasteiger partial charge in [0.15, 0.2) is 0 Å². The van der Waals surface area contributed by atoms with Crippen molar-refractivity contribution >= 4 is 46.2 Å². The van der Waals surface area contributed by atoms with Crippen molar-refractivity contribution in [3.63, 3.8) is 0 Å². The van der Waals surface area contributed by atoms with E-state index in [1.54, 1.807) is 0 Å². The van der Waals surface area contributed by atoms with Gasteiger partial charge in [-0.15, -0.1) is 23.2 Å². The van der Waals surface area contributed by atoms with Crippen molar-refractivity contribution in [3.8, 4) is 0 Å². The summed E-state index contributed by atoms with van der Waals surface area (Å²) in [6.07, 6.45) is 0. The maximum absolute atomic E-state index is 10.3. The largest absolute Gasteiger partial charge is 0.294 e. The van der Waals surface area contributed by atoms with Crippen LogP contribution in [0.5, 0.6) is 0 Å². The van der Waals surface area contributed by atoms with Gasteiger partial charge in [0.05, 0.1) is 21.3 Å². The van der Waals surface area contributed by atoms with Crippen molar-refractivity contribution in [2.24, 2.45) is 0 Å². The molecule has 0 aliphatic heterocycles. The Bertz CT molecular complexity index is 399. The van der Waals surface area contributed by atoms with Crippen molar-refractivity contribution in [1.29, 1.82) is 0 Å². The standard InChI is InChI=1S/C6H3ClN2O4.CH2Cl2/c7-5-2-1-4(8(10)11)3-6(5)9(12)13;2-1-3/h1-3H;1H2. The number of nitrogens with zero attached hydrogens (tertiary/aromatic N) is 2. The van der Waals surface area contributed by atoms with Gasteiger partial charge in [-0.2, -0.15) is 0 Å². The monoisotopic (exact) mass is 286 g/mol. The summed E-state index contributed by atoms with van der Waals surface area (Å²) < 4.78 is 0. The highest BCUT2D eigenvalue weighted by molar-refractivity contribution is 6.40. The minimum Gasteiger partial charge on any atom is -0.258 e. The molecule has 0 unspecified atom stereocenters. The quantitative estimate of drug-likeness (QED) is 0.472. The van der Waals surface area contributed by atoms with Gasteiger partial charge in [0, 0.05) is 6.07 Å². The van der Waals surface area contributed by atoms with Gasteiger partial charge in [-0.3, -0.25) is 20.2 Å². The van der Waals surface area contributed by atoms with Gasteiger partial charge in [0.2, 0.25) is 0 Å². The lowest BCUT2D eigenvalue weighted by molar-refractivity contribution is -0.394. The van der Waals surface area contributed by atoms with Crippen LogP contribution in [-0.4, -0.2) is 15.2 Å². The lowest BCUT2D eigenvalue weighted by atomic mass is 10.3. The first-order valence-corrected chi connectivity index (χ1v) is 5.09. The van der Waals surface area contributed by atoms with E-state index in [2.05, 4.69) is 0 Å². The highest BCUT2D eigenvalue weighted by Gasteiger charge is 2.17. The smallest absolute Gasteiger partial charge is 0.258 e. The van der Waals surface area contributed by atoms with Crippen LogP contribution < -0.4 is 0 Å². The minimum atomic E-state index is -0.769.